The van der Waals surface area contributed by atoms with Crippen molar-refractivity contribution < 1.29 is 17.6 Å². The molecule has 4 heteroatoms. The summed E-state index contributed by atoms with van der Waals surface area (Å²) in [5, 5.41) is 0. The average molecular weight is 433 g/mol. The van der Waals surface area contributed by atoms with Gasteiger partial charge in [0.05, 0.1) is 5.56 Å². The number of hydrogen-bond donors (Lipinski definition) is 0. The second-order valence-corrected chi connectivity index (χ2v) is 7.35. The Morgan fingerprint density at radius 2 is 1.19 bits per heavy atom. The van der Waals surface area contributed by atoms with Gasteiger partial charge >= 0.3 is 6.18 Å². The summed E-state index contributed by atoms with van der Waals surface area (Å²) in [6.45, 7) is 5.88. The topological polar surface area (TPSA) is 0 Å². The smallest absolute Gasteiger partial charge is 0.207 e. The number of rotatable bonds is 0. The molecule has 3 aromatic carbocycles. The lowest BCUT2D eigenvalue weighted by Gasteiger charge is -2.13. The Labute approximate surface area is 184 Å². The molecule has 1 aliphatic carbocycles. The third-order valence-corrected chi connectivity index (χ3v) is 4.34. The molecule has 3 aromatic rings. The van der Waals surface area contributed by atoms with Crippen LogP contribution in [0.1, 0.15) is 55.4 Å². The molecular weight excluding hydrogens is 400 g/mol. The second-order valence-electron chi connectivity index (χ2n) is 7.35. The van der Waals surface area contributed by atoms with E-state index in [4.69, 9.17) is 0 Å². The molecule has 0 radical (unpaired) electrons. The van der Waals surface area contributed by atoms with Crippen molar-refractivity contribution in [2.75, 3.05) is 0 Å². The van der Waals surface area contributed by atoms with Crippen LogP contribution in [0.2, 0.25) is 0 Å². The van der Waals surface area contributed by atoms with E-state index in [9.17, 15) is 17.6 Å². The van der Waals surface area contributed by atoms with E-state index >= 15 is 0 Å². The first-order chi connectivity index (χ1) is 14.8. The van der Waals surface area contributed by atoms with Crippen molar-refractivity contribution in [3.05, 3.63) is 107 Å². The second kappa shape index (κ2) is 14.4. The molecule has 0 saturated heterocycles. The Balaban J connectivity index is 0.000000223. The van der Waals surface area contributed by atoms with E-state index < -0.39 is 11.7 Å². The van der Waals surface area contributed by atoms with Crippen molar-refractivity contribution in [1.82, 2.24) is 0 Å². The number of aryl methyl sites for hydroxylation is 3. The van der Waals surface area contributed by atoms with E-state index in [0.717, 1.165) is 12.1 Å². The van der Waals surface area contributed by atoms with Crippen LogP contribution in [0, 0.1) is 12.7 Å². The van der Waals surface area contributed by atoms with Gasteiger partial charge in [-0.05, 0) is 61.9 Å². The monoisotopic (exact) mass is 432 g/mol. The molecule has 0 bridgehead atoms. The van der Waals surface area contributed by atoms with Gasteiger partial charge in [-0.15, -0.1) is 0 Å². The lowest BCUT2D eigenvalue weighted by atomic mass is 9.92. The van der Waals surface area contributed by atoms with Crippen LogP contribution in [0.15, 0.2) is 78.9 Å². The Kier molecular flexibility index (Phi) is 12.3. The van der Waals surface area contributed by atoms with Crippen LogP contribution in [-0.4, -0.2) is 0 Å². The summed E-state index contributed by atoms with van der Waals surface area (Å²) in [6.07, 6.45) is 2.41. The van der Waals surface area contributed by atoms with E-state index in [1.54, 1.807) is 42.3 Å². The van der Waals surface area contributed by atoms with Crippen molar-refractivity contribution in [3.8, 4) is 0 Å². The van der Waals surface area contributed by atoms with Crippen molar-refractivity contribution in [3.63, 3.8) is 0 Å². The maximum atomic E-state index is 12.0. The molecule has 0 spiro atoms. The van der Waals surface area contributed by atoms with Crippen LogP contribution in [0.25, 0.3) is 0 Å². The first-order valence-corrected chi connectivity index (χ1v) is 10.7. The highest BCUT2D eigenvalue weighted by Gasteiger charge is 2.29. The highest BCUT2D eigenvalue weighted by molar-refractivity contribution is 5.28. The lowest BCUT2D eigenvalue weighted by molar-refractivity contribution is -0.137. The third kappa shape index (κ3) is 11.4. The molecule has 0 aromatic heterocycles. The van der Waals surface area contributed by atoms with Crippen molar-refractivity contribution >= 4 is 0 Å². The first-order valence-electron chi connectivity index (χ1n) is 10.7. The zero-order valence-corrected chi connectivity index (χ0v) is 18.6. The summed E-state index contributed by atoms with van der Waals surface area (Å²) in [6, 6.07) is 22.0. The molecular formula is C27H32F4. The van der Waals surface area contributed by atoms with Crippen LogP contribution < -0.4 is 0 Å². The molecule has 0 N–H and O–H groups in total. The van der Waals surface area contributed by atoms with Gasteiger partial charge in [0.2, 0.25) is 0 Å². The predicted octanol–water partition coefficient (Wildman–Crippen LogP) is 8.82. The average Bonchev–Trinajstić information content (AvgIpc) is 2.75. The minimum atomic E-state index is -4.22. The Morgan fingerprint density at radius 1 is 0.710 bits per heavy atom. The zero-order valence-electron chi connectivity index (χ0n) is 18.6. The molecule has 0 heterocycles. The molecule has 0 atom stereocenters. The van der Waals surface area contributed by atoms with Crippen molar-refractivity contribution in [1.29, 1.82) is 0 Å². The van der Waals surface area contributed by atoms with E-state index in [1.165, 1.54) is 50.3 Å². The molecule has 31 heavy (non-hydrogen) atoms. The van der Waals surface area contributed by atoms with E-state index in [2.05, 4.69) is 38.1 Å². The minimum absolute atomic E-state index is 0.178. The van der Waals surface area contributed by atoms with Gasteiger partial charge in [0.25, 0.3) is 0 Å². The fourth-order valence-electron chi connectivity index (χ4n) is 2.91. The maximum Gasteiger partial charge on any atom is 0.416 e. The molecule has 1 aliphatic rings. The van der Waals surface area contributed by atoms with Gasteiger partial charge in [0.1, 0.15) is 5.82 Å². The highest BCUT2D eigenvalue weighted by atomic mass is 19.4. The number of fused-ring (bicyclic) bond motifs is 1. The summed E-state index contributed by atoms with van der Waals surface area (Å²) < 4.78 is 47.8. The maximum absolute atomic E-state index is 12.0. The van der Waals surface area contributed by atoms with Crippen LogP contribution in [0.5, 0.6) is 0 Å². The van der Waals surface area contributed by atoms with Gasteiger partial charge in [0.15, 0.2) is 0 Å². The van der Waals surface area contributed by atoms with Gasteiger partial charge in [-0.1, -0.05) is 86.5 Å². The van der Waals surface area contributed by atoms with E-state index in [-0.39, 0.29) is 5.82 Å². The summed E-state index contributed by atoms with van der Waals surface area (Å²) >= 11 is 0. The molecule has 0 aliphatic heterocycles. The van der Waals surface area contributed by atoms with Crippen LogP contribution >= 0.6 is 0 Å². The van der Waals surface area contributed by atoms with Crippen molar-refractivity contribution in [2.24, 2.45) is 0 Å². The summed E-state index contributed by atoms with van der Waals surface area (Å²) in [5.74, 6) is -0.178. The quantitative estimate of drug-likeness (QED) is 0.311. The number of alkyl halides is 3. The molecule has 0 nitrogen and oxygen atoms in total. The van der Waals surface area contributed by atoms with Crippen LogP contribution in [0.3, 0.4) is 0 Å². The summed E-state index contributed by atoms with van der Waals surface area (Å²) in [7, 11) is 0. The number of hydrogen-bond acceptors (Lipinski definition) is 0. The molecule has 0 fully saturated rings. The van der Waals surface area contributed by atoms with Gasteiger partial charge in [0, 0.05) is 0 Å². The first kappa shape index (κ1) is 26.4. The SMILES string of the molecule is CCC.Cc1cccc(C(F)(F)F)c1.Fc1ccccc1.c1ccc2c(c1)CCCC2. The molecule has 0 unspecified atom stereocenters. The van der Waals surface area contributed by atoms with Crippen LogP contribution in [0.4, 0.5) is 17.6 Å². The Bertz CT molecular complexity index is 829. The summed E-state index contributed by atoms with van der Waals surface area (Å²) in [5.41, 5.74) is 3.19. The van der Waals surface area contributed by atoms with Crippen LogP contribution in [-0.2, 0) is 19.0 Å². The highest BCUT2D eigenvalue weighted by Crippen LogP contribution is 2.29. The molecule has 0 amide bonds. The third-order valence-electron chi connectivity index (χ3n) is 4.34. The van der Waals surface area contributed by atoms with E-state index in [1.807, 2.05) is 0 Å². The zero-order chi connectivity index (χ0) is 23.1. The fraction of sp³-hybridized carbons (Fsp3) is 0.333. The molecule has 0 saturated carbocycles. The minimum Gasteiger partial charge on any atom is -0.207 e. The Morgan fingerprint density at radius 3 is 1.55 bits per heavy atom. The Hall–Kier alpha value is -2.62. The van der Waals surface area contributed by atoms with Gasteiger partial charge in [-0.2, -0.15) is 13.2 Å². The fourth-order valence-corrected chi connectivity index (χ4v) is 2.91. The van der Waals surface area contributed by atoms with E-state index in [0.29, 0.717) is 5.56 Å². The number of benzene rings is 3. The normalized spacial score (nSPS) is 12.0. The lowest BCUT2D eigenvalue weighted by Crippen LogP contribution is -2.04. The number of halogens is 4. The van der Waals surface area contributed by atoms with Gasteiger partial charge in [-0.25, -0.2) is 4.39 Å². The predicted molar refractivity (Wildman–Crippen MR) is 122 cm³/mol. The summed E-state index contributed by atoms with van der Waals surface area (Å²) in [4.78, 5) is 0. The standard InChI is InChI=1S/C10H12.C8H7F3.C6H5F.C3H8/c1-2-6-10-8-4-3-7-9(10)5-1;1-6-3-2-4-7(5-6)8(9,10)11;7-6-4-2-1-3-5-6;1-3-2/h1-2,5-6H,3-4,7-8H2;2-5H,1H3;1-5H;3H2,1-2H3. The molecule has 168 valence electrons. The largest absolute Gasteiger partial charge is 0.416 e. The van der Waals surface area contributed by atoms with Gasteiger partial charge in [-0.3, -0.25) is 0 Å². The van der Waals surface area contributed by atoms with Gasteiger partial charge < -0.3 is 0 Å². The van der Waals surface area contributed by atoms with Crippen molar-refractivity contribution in [2.45, 2.75) is 59.1 Å². The molecule has 4 rings (SSSR count).